The van der Waals surface area contributed by atoms with Crippen LogP contribution in [0, 0.1) is 11.3 Å². The van der Waals surface area contributed by atoms with E-state index in [0.29, 0.717) is 47.1 Å². The summed E-state index contributed by atoms with van der Waals surface area (Å²) >= 11 is 8.05. The van der Waals surface area contributed by atoms with Crippen LogP contribution >= 0.6 is 23.4 Å². The number of halogens is 1. The number of sulfone groups is 1. The molecule has 5 heterocycles. The Bertz CT molecular complexity index is 1250. The molecule has 0 saturated carbocycles. The van der Waals surface area contributed by atoms with Gasteiger partial charge in [-0.3, -0.25) is 0 Å². The average Bonchev–Trinajstić information content (AvgIpc) is 3.11. The van der Waals surface area contributed by atoms with E-state index in [2.05, 4.69) is 19.9 Å². The van der Waals surface area contributed by atoms with Gasteiger partial charge in [0.25, 0.3) is 0 Å². The Morgan fingerprint density at radius 2 is 1.97 bits per heavy atom. The Balaban J connectivity index is 1.26. The van der Waals surface area contributed by atoms with Crippen molar-refractivity contribution in [3.05, 3.63) is 29.2 Å². The van der Waals surface area contributed by atoms with E-state index in [9.17, 15) is 13.5 Å². The molecule has 2 aromatic rings. The van der Waals surface area contributed by atoms with Gasteiger partial charge in [-0.1, -0.05) is 23.4 Å². The van der Waals surface area contributed by atoms with E-state index >= 15 is 0 Å². The quantitative estimate of drug-likeness (QED) is 0.507. The lowest BCUT2D eigenvalue weighted by Crippen LogP contribution is -2.51. The van der Waals surface area contributed by atoms with Crippen molar-refractivity contribution < 1.29 is 18.3 Å². The predicted octanol–water partition coefficient (Wildman–Crippen LogP) is 1.98. The van der Waals surface area contributed by atoms with Crippen molar-refractivity contribution >= 4 is 44.8 Å². The summed E-state index contributed by atoms with van der Waals surface area (Å²) in [7, 11) is -3.01. The minimum Gasteiger partial charge on any atom is -0.390 e. The van der Waals surface area contributed by atoms with Gasteiger partial charge in [0, 0.05) is 60.9 Å². The monoisotopic (exact) mass is 568 g/mol. The van der Waals surface area contributed by atoms with Crippen molar-refractivity contribution in [2.45, 2.75) is 48.4 Å². The first-order valence-electron chi connectivity index (χ1n) is 12.4. The summed E-state index contributed by atoms with van der Waals surface area (Å²) < 4.78 is 28.9. The highest BCUT2D eigenvalue weighted by Crippen LogP contribution is 2.43. The van der Waals surface area contributed by atoms with Crippen LogP contribution in [-0.2, 0) is 21.2 Å². The molecule has 0 amide bonds. The highest BCUT2D eigenvalue weighted by molar-refractivity contribution is 7.99. The lowest BCUT2D eigenvalue weighted by Gasteiger charge is -2.41. The van der Waals surface area contributed by atoms with E-state index in [0.717, 1.165) is 30.8 Å². The van der Waals surface area contributed by atoms with Crippen molar-refractivity contribution in [3.8, 4) is 0 Å². The molecule has 0 aliphatic carbocycles. The molecule has 2 aromatic heterocycles. The zero-order valence-corrected chi connectivity index (χ0v) is 23.4. The lowest BCUT2D eigenvalue weighted by molar-refractivity contribution is 0.0973. The summed E-state index contributed by atoms with van der Waals surface area (Å²) in [6.45, 7) is 5.29. The van der Waals surface area contributed by atoms with Crippen LogP contribution < -0.4 is 15.5 Å². The van der Waals surface area contributed by atoms with Gasteiger partial charge < -0.3 is 25.4 Å². The van der Waals surface area contributed by atoms with E-state index in [1.807, 2.05) is 17.9 Å². The van der Waals surface area contributed by atoms with Crippen molar-refractivity contribution in [1.82, 2.24) is 15.0 Å². The number of piperidine rings is 1. The second-order valence-corrected chi connectivity index (χ2v) is 14.1. The maximum atomic E-state index is 11.6. The maximum Gasteiger partial charge on any atom is 0.152 e. The smallest absolute Gasteiger partial charge is 0.152 e. The van der Waals surface area contributed by atoms with E-state index < -0.39 is 9.84 Å². The van der Waals surface area contributed by atoms with Crippen molar-refractivity contribution in [1.29, 1.82) is 0 Å². The van der Waals surface area contributed by atoms with Crippen molar-refractivity contribution in [3.63, 3.8) is 0 Å². The van der Waals surface area contributed by atoms with Crippen LogP contribution in [-0.4, -0.2) is 85.4 Å². The van der Waals surface area contributed by atoms with Gasteiger partial charge in [0.2, 0.25) is 0 Å². The number of ether oxygens (including phenoxy) is 1. The standard InChI is InChI=1S/C24H33ClN6O4S2/c1-15-21(26)24(14-35-15)4-7-30(8-5-24)22-17(12-32)29-19(9-28-22)36-18-3-6-27-23(20(18)25)31-10-16(11-31)13-37(2,33)34/h3,6,9,15-16,21,32H,4-5,7-8,10-14,26H2,1-2H3/t15-,21+/m0/s1. The molecule has 13 heteroatoms. The number of nitrogens with two attached hydrogens (primary N) is 1. The SMILES string of the molecule is C[C@@H]1OCC2(CCN(c3ncc(Sc4ccnc(N5CC(CS(C)(=O)=O)C5)c4Cl)nc3CO)CC2)[C@@H]1N. The average molecular weight is 569 g/mol. The summed E-state index contributed by atoms with van der Waals surface area (Å²) in [5.74, 6) is 1.58. The number of anilines is 2. The van der Waals surface area contributed by atoms with E-state index in [1.54, 1.807) is 12.4 Å². The third-order valence-electron chi connectivity index (χ3n) is 7.70. The van der Waals surface area contributed by atoms with Crippen molar-refractivity contribution in [2.75, 3.05) is 54.6 Å². The Labute approximate surface area is 226 Å². The van der Waals surface area contributed by atoms with Crippen LogP contribution in [0.15, 0.2) is 28.4 Å². The van der Waals surface area contributed by atoms with Gasteiger partial charge in [0.15, 0.2) is 5.82 Å². The molecule has 3 aliphatic heterocycles. The van der Waals surface area contributed by atoms with Crippen LogP contribution in [0.3, 0.4) is 0 Å². The second-order valence-electron chi connectivity index (χ2n) is 10.4. The second kappa shape index (κ2) is 10.5. The normalized spacial score (nSPS) is 24.0. The van der Waals surface area contributed by atoms with E-state index in [1.165, 1.54) is 18.0 Å². The van der Waals surface area contributed by atoms with Gasteiger partial charge in [-0.05, 0) is 25.8 Å². The zero-order chi connectivity index (χ0) is 26.4. The topological polar surface area (TPSA) is 135 Å². The van der Waals surface area contributed by atoms with Gasteiger partial charge in [0.1, 0.15) is 26.4 Å². The molecular weight excluding hydrogens is 536 g/mol. The minimum absolute atomic E-state index is 0.00952. The molecule has 3 N–H and O–H groups in total. The first kappa shape index (κ1) is 26.9. The number of aliphatic hydroxyl groups is 1. The molecule has 1 spiro atoms. The van der Waals surface area contributed by atoms with Gasteiger partial charge in [0.05, 0.1) is 36.3 Å². The number of aromatic nitrogens is 3. The molecule has 0 bridgehead atoms. The Morgan fingerprint density at radius 1 is 1.24 bits per heavy atom. The summed E-state index contributed by atoms with van der Waals surface area (Å²) in [6, 6.07) is 1.85. The van der Waals surface area contributed by atoms with Gasteiger partial charge in [-0.15, -0.1) is 0 Å². The van der Waals surface area contributed by atoms with Gasteiger partial charge in [-0.2, -0.15) is 0 Å². The molecule has 5 rings (SSSR count). The number of pyridine rings is 1. The number of rotatable bonds is 7. The van der Waals surface area contributed by atoms with Crippen LogP contribution in [0.2, 0.25) is 5.02 Å². The highest BCUT2D eigenvalue weighted by atomic mass is 35.5. The lowest BCUT2D eigenvalue weighted by atomic mass is 9.73. The number of aliphatic hydroxyl groups excluding tert-OH is 1. The molecule has 3 aliphatic rings. The third-order valence-corrected chi connectivity index (χ3v) is 10.2. The fraction of sp³-hybridized carbons (Fsp3) is 0.625. The Kier molecular flexibility index (Phi) is 7.60. The van der Waals surface area contributed by atoms with Crippen LogP contribution in [0.5, 0.6) is 0 Å². The fourth-order valence-electron chi connectivity index (χ4n) is 5.56. The summed E-state index contributed by atoms with van der Waals surface area (Å²) in [6.07, 6.45) is 6.55. The van der Waals surface area contributed by atoms with E-state index in [4.69, 9.17) is 22.1 Å². The Hall–Kier alpha value is -1.70. The van der Waals surface area contributed by atoms with Crippen molar-refractivity contribution in [2.24, 2.45) is 17.1 Å². The third kappa shape index (κ3) is 5.55. The number of hydrogen-bond acceptors (Lipinski definition) is 11. The molecule has 0 radical (unpaired) electrons. The predicted molar refractivity (Wildman–Crippen MR) is 144 cm³/mol. The molecule has 202 valence electrons. The fourth-order valence-corrected chi connectivity index (χ4v) is 7.77. The highest BCUT2D eigenvalue weighted by Gasteiger charge is 2.47. The van der Waals surface area contributed by atoms with Crippen LogP contribution in [0.25, 0.3) is 0 Å². The first-order valence-corrected chi connectivity index (χ1v) is 15.7. The largest absolute Gasteiger partial charge is 0.390 e. The van der Waals surface area contributed by atoms with Gasteiger partial charge in [-0.25, -0.2) is 23.4 Å². The van der Waals surface area contributed by atoms with Crippen LogP contribution in [0.4, 0.5) is 11.6 Å². The van der Waals surface area contributed by atoms with E-state index in [-0.39, 0.29) is 35.8 Å². The Morgan fingerprint density at radius 3 is 2.59 bits per heavy atom. The molecule has 0 aromatic carbocycles. The molecule has 3 fully saturated rings. The molecule has 0 unspecified atom stereocenters. The van der Waals surface area contributed by atoms with Crippen LogP contribution in [0.1, 0.15) is 25.5 Å². The molecule has 3 saturated heterocycles. The summed E-state index contributed by atoms with van der Waals surface area (Å²) in [5, 5.41) is 11.2. The molecule has 10 nitrogen and oxygen atoms in total. The zero-order valence-electron chi connectivity index (χ0n) is 21.0. The summed E-state index contributed by atoms with van der Waals surface area (Å²) in [5.41, 5.74) is 6.99. The van der Waals surface area contributed by atoms with Gasteiger partial charge >= 0.3 is 0 Å². The molecular formula is C24H33ClN6O4S2. The molecule has 37 heavy (non-hydrogen) atoms. The first-order chi connectivity index (χ1) is 17.6. The number of hydrogen-bond donors (Lipinski definition) is 2. The minimum atomic E-state index is -3.01. The summed E-state index contributed by atoms with van der Waals surface area (Å²) in [4.78, 5) is 18.7. The number of nitrogens with zero attached hydrogens (tertiary/aromatic N) is 5. The maximum absolute atomic E-state index is 11.6. The molecule has 2 atom stereocenters.